The van der Waals surface area contributed by atoms with E-state index in [4.69, 9.17) is 0 Å². The number of aromatic nitrogens is 3. The van der Waals surface area contributed by atoms with Gasteiger partial charge in [0.05, 0.1) is 0 Å². The molecule has 0 radical (unpaired) electrons. The average molecular weight is 387 g/mol. The minimum absolute atomic E-state index is 0.124. The summed E-state index contributed by atoms with van der Waals surface area (Å²) >= 11 is 0. The van der Waals surface area contributed by atoms with Crippen molar-refractivity contribution in [1.82, 2.24) is 15.0 Å². The van der Waals surface area contributed by atoms with Crippen molar-refractivity contribution in [2.75, 3.05) is 0 Å². The van der Waals surface area contributed by atoms with Crippen LogP contribution >= 0.6 is 0 Å². The summed E-state index contributed by atoms with van der Waals surface area (Å²) in [6.45, 7) is 8.26. The zero-order chi connectivity index (χ0) is 20.8. The number of aryl methyl sites for hydroxylation is 1. The van der Waals surface area contributed by atoms with Crippen molar-refractivity contribution in [3.63, 3.8) is 0 Å². The summed E-state index contributed by atoms with van der Waals surface area (Å²) in [4.78, 5) is 1.49. The molecule has 0 atom stereocenters. The molecule has 2 N–H and O–H groups in total. The number of phenols is 2. The van der Waals surface area contributed by atoms with Crippen LogP contribution in [0.1, 0.15) is 43.0 Å². The van der Waals surface area contributed by atoms with E-state index in [0.29, 0.717) is 12.1 Å². The van der Waals surface area contributed by atoms with Gasteiger partial charge in [-0.2, -0.15) is 0 Å². The molecule has 0 aliphatic carbocycles. The van der Waals surface area contributed by atoms with Gasteiger partial charge in [0.15, 0.2) is 0 Å². The number of para-hydroxylation sites is 1. The minimum Gasteiger partial charge on any atom is -0.507 e. The van der Waals surface area contributed by atoms with Crippen LogP contribution in [0, 0.1) is 6.92 Å². The van der Waals surface area contributed by atoms with Gasteiger partial charge in [0, 0.05) is 12.0 Å². The summed E-state index contributed by atoms with van der Waals surface area (Å²) < 4.78 is 0. The van der Waals surface area contributed by atoms with Gasteiger partial charge in [-0.25, -0.2) is 0 Å². The van der Waals surface area contributed by atoms with E-state index in [-0.39, 0.29) is 16.9 Å². The highest BCUT2D eigenvalue weighted by Gasteiger charge is 2.21. The van der Waals surface area contributed by atoms with Crippen molar-refractivity contribution < 1.29 is 10.2 Å². The third-order valence-corrected chi connectivity index (χ3v) is 5.24. The quantitative estimate of drug-likeness (QED) is 0.517. The van der Waals surface area contributed by atoms with Crippen molar-refractivity contribution >= 4 is 11.0 Å². The Balaban J connectivity index is 1.89. The van der Waals surface area contributed by atoms with Crippen LogP contribution in [0.4, 0.5) is 0 Å². The molecule has 3 aromatic carbocycles. The number of nitrogens with zero attached hydrogens (tertiary/aromatic N) is 3. The number of hydrogen-bond acceptors (Lipinski definition) is 4. The van der Waals surface area contributed by atoms with Gasteiger partial charge in [-0.1, -0.05) is 57.2 Å². The predicted octanol–water partition coefficient (Wildman–Crippen LogP) is 5.03. The van der Waals surface area contributed by atoms with Gasteiger partial charge in [-0.15, -0.1) is 15.0 Å². The lowest BCUT2D eigenvalue weighted by Gasteiger charge is -2.22. The molecule has 1 aromatic heterocycles. The second-order valence-corrected chi connectivity index (χ2v) is 8.49. The van der Waals surface area contributed by atoms with Gasteiger partial charge < -0.3 is 10.2 Å². The van der Waals surface area contributed by atoms with Gasteiger partial charge in [0.2, 0.25) is 0 Å². The predicted molar refractivity (Wildman–Crippen MR) is 115 cm³/mol. The molecule has 0 saturated heterocycles. The fourth-order valence-corrected chi connectivity index (χ4v) is 3.43. The second kappa shape index (κ2) is 6.92. The summed E-state index contributed by atoms with van der Waals surface area (Å²) in [5, 5.41) is 30.6. The van der Waals surface area contributed by atoms with E-state index in [1.165, 1.54) is 4.80 Å². The number of rotatable bonds is 3. The lowest BCUT2D eigenvalue weighted by atomic mass is 9.84. The Morgan fingerprint density at radius 3 is 2.10 bits per heavy atom. The van der Waals surface area contributed by atoms with Crippen LogP contribution in [0.25, 0.3) is 16.7 Å². The number of hydrogen-bond donors (Lipinski definition) is 2. The molecule has 0 spiro atoms. The Labute approximate surface area is 170 Å². The van der Waals surface area contributed by atoms with Crippen LogP contribution in [0.15, 0.2) is 54.6 Å². The van der Waals surface area contributed by atoms with Crippen LogP contribution in [-0.2, 0) is 11.8 Å². The van der Waals surface area contributed by atoms with Crippen molar-refractivity contribution in [2.24, 2.45) is 0 Å². The molecule has 148 valence electrons. The first-order valence-electron chi connectivity index (χ1n) is 9.70. The van der Waals surface area contributed by atoms with Gasteiger partial charge in [0.1, 0.15) is 28.2 Å². The van der Waals surface area contributed by atoms with E-state index in [1.54, 1.807) is 0 Å². The maximum atomic E-state index is 11.1. The molecule has 0 bridgehead atoms. The fraction of sp³-hybridized carbons (Fsp3) is 0.250. The van der Waals surface area contributed by atoms with Crippen molar-refractivity contribution in [2.45, 2.75) is 39.5 Å². The molecule has 0 aliphatic heterocycles. The molecule has 29 heavy (non-hydrogen) atoms. The van der Waals surface area contributed by atoms with Crippen LogP contribution < -0.4 is 0 Å². The third kappa shape index (κ3) is 3.56. The average Bonchev–Trinajstić information content (AvgIpc) is 3.10. The molecule has 1 heterocycles. The van der Waals surface area contributed by atoms with E-state index in [1.807, 2.05) is 61.5 Å². The van der Waals surface area contributed by atoms with Crippen molar-refractivity contribution in [3.8, 4) is 17.2 Å². The molecule has 0 unspecified atom stereocenters. The highest BCUT2D eigenvalue weighted by Crippen LogP contribution is 2.36. The molecule has 0 aliphatic rings. The molecule has 0 saturated carbocycles. The largest absolute Gasteiger partial charge is 0.507 e. The number of aromatic hydroxyl groups is 2. The summed E-state index contributed by atoms with van der Waals surface area (Å²) in [5.74, 6) is 0.386. The zero-order valence-electron chi connectivity index (χ0n) is 17.1. The Bertz CT molecular complexity index is 1170. The van der Waals surface area contributed by atoms with Crippen molar-refractivity contribution in [1.29, 1.82) is 0 Å². The lowest BCUT2D eigenvalue weighted by molar-refractivity contribution is 0.455. The third-order valence-electron chi connectivity index (χ3n) is 5.24. The van der Waals surface area contributed by atoms with Crippen LogP contribution in [-0.4, -0.2) is 25.2 Å². The van der Waals surface area contributed by atoms with Crippen LogP contribution in [0.3, 0.4) is 0 Å². The van der Waals surface area contributed by atoms with Crippen molar-refractivity contribution in [3.05, 3.63) is 76.9 Å². The Hall–Kier alpha value is -3.34. The molecular formula is C24H25N3O2. The molecule has 0 amide bonds. The zero-order valence-corrected chi connectivity index (χ0v) is 17.1. The van der Waals surface area contributed by atoms with Crippen LogP contribution in [0.5, 0.6) is 11.5 Å². The molecule has 4 rings (SSSR count). The summed E-state index contributed by atoms with van der Waals surface area (Å²) in [7, 11) is 0. The topological polar surface area (TPSA) is 71.2 Å². The SMILES string of the molecule is Cc1cccc(Cc2cc(C(C)(C)C)cc(-n3nc4ccccc4n3)c2O)c1O. The smallest absolute Gasteiger partial charge is 0.146 e. The van der Waals surface area contributed by atoms with Gasteiger partial charge in [-0.3, -0.25) is 0 Å². The highest BCUT2D eigenvalue weighted by molar-refractivity contribution is 5.73. The van der Waals surface area contributed by atoms with Gasteiger partial charge >= 0.3 is 0 Å². The van der Waals surface area contributed by atoms with Crippen LogP contribution in [0.2, 0.25) is 0 Å². The Morgan fingerprint density at radius 2 is 1.48 bits per heavy atom. The molecule has 4 aromatic rings. The summed E-state index contributed by atoms with van der Waals surface area (Å²) in [5.41, 5.74) is 5.33. The Kier molecular flexibility index (Phi) is 4.53. The molecule has 5 heteroatoms. The highest BCUT2D eigenvalue weighted by atomic mass is 16.3. The first kappa shape index (κ1) is 19.0. The Morgan fingerprint density at radius 1 is 0.828 bits per heavy atom. The van der Waals surface area contributed by atoms with E-state index >= 15 is 0 Å². The normalized spacial score (nSPS) is 11.9. The first-order valence-corrected chi connectivity index (χ1v) is 9.70. The van der Waals surface area contributed by atoms with Gasteiger partial charge in [0.25, 0.3) is 0 Å². The molecular weight excluding hydrogens is 362 g/mol. The van der Waals surface area contributed by atoms with E-state index in [9.17, 15) is 10.2 Å². The van der Waals surface area contributed by atoms with E-state index < -0.39 is 0 Å². The fourth-order valence-electron chi connectivity index (χ4n) is 3.43. The molecule has 5 nitrogen and oxygen atoms in total. The summed E-state index contributed by atoms with van der Waals surface area (Å²) in [6.07, 6.45) is 0.414. The monoisotopic (exact) mass is 387 g/mol. The number of benzene rings is 3. The number of fused-ring (bicyclic) bond motifs is 1. The second-order valence-electron chi connectivity index (χ2n) is 8.49. The minimum atomic E-state index is -0.127. The molecule has 0 fully saturated rings. The standard InChI is InChI=1S/C24H25N3O2/c1-15-8-7-9-16(22(15)28)12-17-13-18(24(2,3)4)14-21(23(17)29)27-25-19-10-5-6-11-20(19)26-27/h5-11,13-14,28-29H,12H2,1-4H3. The van der Waals surface area contributed by atoms with E-state index in [0.717, 1.165) is 33.3 Å². The van der Waals surface area contributed by atoms with E-state index in [2.05, 4.69) is 31.0 Å². The summed E-state index contributed by atoms with van der Waals surface area (Å²) in [6, 6.07) is 17.2. The lowest BCUT2D eigenvalue weighted by Crippen LogP contribution is -2.13. The number of phenolic OH excluding ortho intramolecular Hbond substituents is 2. The van der Waals surface area contributed by atoms with Gasteiger partial charge in [-0.05, 0) is 47.2 Å². The maximum Gasteiger partial charge on any atom is 0.146 e. The first-order chi connectivity index (χ1) is 13.7. The maximum absolute atomic E-state index is 11.1.